The number of hydrogen-bond acceptors (Lipinski definition) is 4. The molecule has 102 valence electrons. The van der Waals surface area contributed by atoms with E-state index in [2.05, 4.69) is 22.2 Å². The standard InChI is InChI=1S/C14H20N4O/c1-2-11-8-13(16-9-15-11)17-12-6-10(7-12)14(19)18-4-3-5-18/h8-10,12H,2-7H2,1H3,(H,15,16,17)/t10-,12+. The number of nitrogens with zero attached hydrogens (tertiary/aromatic N) is 3. The van der Waals surface area contributed by atoms with Crippen LogP contribution in [0.15, 0.2) is 12.4 Å². The lowest BCUT2D eigenvalue weighted by atomic mass is 9.79. The van der Waals surface area contributed by atoms with Crippen molar-refractivity contribution in [2.24, 2.45) is 5.92 Å². The van der Waals surface area contributed by atoms with Gasteiger partial charge in [-0.2, -0.15) is 0 Å². The molecule has 1 aliphatic carbocycles. The number of likely N-dealkylation sites (tertiary alicyclic amines) is 1. The number of rotatable bonds is 4. The summed E-state index contributed by atoms with van der Waals surface area (Å²) < 4.78 is 0. The maximum Gasteiger partial charge on any atom is 0.225 e. The van der Waals surface area contributed by atoms with Crippen LogP contribution in [0.1, 0.15) is 31.9 Å². The molecule has 0 bridgehead atoms. The summed E-state index contributed by atoms with van der Waals surface area (Å²) >= 11 is 0. The van der Waals surface area contributed by atoms with Crippen LogP contribution in [0.2, 0.25) is 0 Å². The van der Waals surface area contributed by atoms with Crippen LogP contribution < -0.4 is 5.32 Å². The zero-order valence-corrected chi connectivity index (χ0v) is 11.3. The fraction of sp³-hybridized carbons (Fsp3) is 0.643. The summed E-state index contributed by atoms with van der Waals surface area (Å²) in [4.78, 5) is 22.4. The maximum atomic E-state index is 12.0. The predicted molar refractivity (Wildman–Crippen MR) is 72.7 cm³/mol. The first kappa shape index (κ1) is 12.4. The molecule has 1 aromatic heterocycles. The third-order valence-corrected chi connectivity index (χ3v) is 4.09. The van der Waals surface area contributed by atoms with Crippen molar-refractivity contribution < 1.29 is 4.79 Å². The van der Waals surface area contributed by atoms with E-state index in [0.29, 0.717) is 11.9 Å². The number of nitrogens with one attached hydrogen (secondary N) is 1. The molecule has 19 heavy (non-hydrogen) atoms. The molecular formula is C14H20N4O. The third-order valence-electron chi connectivity index (χ3n) is 4.09. The molecule has 0 aromatic carbocycles. The van der Waals surface area contributed by atoms with Gasteiger partial charge in [0.05, 0.1) is 0 Å². The van der Waals surface area contributed by atoms with Crippen molar-refractivity contribution in [2.75, 3.05) is 18.4 Å². The molecule has 2 heterocycles. The monoisotopic (exact) mass is 260 g/mol. The highest BCUT2D eigenvalue weighted by Gasteiger charge is 2.38. The van der Waals surface area contributed by atoms with Crippen LogP contribution in [-0.2, 0) is 11.2 Å². The lowest BCUT2D eigenvalue weighted by Gasteiger charge is -2.41. The molecular weight excluding hydrogens is 240 g/mol. The minimum atomic E-state index is 0.227. The average Bonchev–Trinajstić information content (AvgIpc) is 2.31. The lowest BCUT2D eigenvalue weighted by Crippen LogP contribution is -2.50. The third kappa shape index (κ3) is 2.55. The second-order valence-electron chi connectivity index (χ2n) is 5.44. The highest BCUT2D eigenvalue weighted by molar-refractivity contribution is 5.80. The molecule has 3 rings (SSSR count). The molecule has 0 radical (unpaired) electrons. The largest absolute Gasteiger partial charge is 0.367 e. The second-order valence-corrected chi connectivity index (χ2v) is 5.44. The van der Waals surface area contributed by atoms with Gasteiger partial charge in [0.2, 0.25) is 5.91 Å². The minimum Gasteiger partial charge on any atom is -0.367 e. The number of carbonyl (C=O) groups is 1. The number of aryl methyl sites for hydroxylation is 1. The Kier molecular flexibility index (Phi) is 3.36. The Balaban J connectivity index is 1.49. The van der Waals surface area contributed by atoms with Crippen LogP contribution in [0, 0.1) is 5.92 Å². The molecule has 1 amide bonds. The van der Waals surface area contributed by atoms with Gasteiger partial charge >= 0.3 is 0 Å². The van der Waals surface area contributed by atoms with E-state index in [1.807, 2.05) is 11.0 Å². The summed E-state index contributed by atoms with van der Waals surface area (Å²) in [6.45, 7) is 4.00. The number of aromatic nitrogens is 2. The molecule has 0 unspecified atom stereocenters. The van der Waals surface area contributed by atoms with E-state index in [-0.39, 0.29) is 5.92 Å². The first-order valence-corrected chi connectivity index (χ1v) is 7.12. The van der Waals surface area contributed by atoms with E-state index in [9.17, 15) is 4.79 Å². The predicted octanol–water partition coefficient (Wildman–Crippen LogP) is 1.46. The molecule has 2 aliphatic rings. The van der Waals surface area contributed by atoms with Crippen LogP contribution in [0.5, 0.6) is 0 Å². The van der Waals surface area contributed by atoms with E-state index in [4.69, 9.17) is 0 Å². The number of amides is 1. The molecule has 1 aromatic rings. The molecule has 1 saturated carbocycles. The zero-order valence-electron chi connectivity index (χ0n) is 11.3. The summed E-state index contributed by atoms with van der Waals surface area (Å²) in [7, 11) is 0. The quantitative estimate of drug-likeness (QED) is 0.890. The molecule has 2 fully saturated rings. The first-order chi connectivity index (χ1) is 9.26. The Bertz CT molecular complexity index is 466. The zero-order chi connectivity index (χ0) is 13.2. The molecule has 5 nitrogen and oxygen atoms in total. The first-order valence-electron chi connectivity index (χ1n) is 7.12. The van der Waals surface area contributed by atoms with E-state index in [0.717, 1.165) is 43.9 Å². The number of anilines is 1. The molecule has 1 N–H and O–H groups in total. The highest BCUT2D eigenvalue weighted by atomic mass is 16.2. The molecule has 5 heteroatoms. The van der Waals surface area contributed by atoms with Crippen LogP contribution in [0.4, 0.5) is 5.82 Å². The number of carbonyl (C=O) groups excluding carboxylic acids is 1. The van der Waals surface area contributed by atoms with E-state index >= 15 is 0 Å². The highest BCUT2D eigenvalue weighted by Crippen LogP contribution is 2.32. The van der Waals surface area contributed by atoms with Gasteiger partial charge in [-0.3, -0.25) is 4.79 Å². The Hall–Kier alpha value is -1.65. The Morgan fingerprint density at radius 3 is 2.84 bits per heavy atom. The number of hydrogen-bond donors (Lipinski definition) is 1. The van der Waals surface area contributed by atoms with Crippen molar-refractivity contribution >= 4 is 11.7 Å². The summed E-state index contributed by atoms with van der Waals surface area (Å²) in [5, 5.41) is 3.39. The van der Waals surface area contributed by atoms with Gasteiger partial charge < -0.3 is 10.2 Å². The van der Waals surface area contributed by atoms with Gasteiger partial charge in [0.15, 0.2) is 0 Å². The van der Waals surface area contributed by atoms with Crippen LogP contribution in [0.3, 0.4) is 0 Å². The molecule has 1 saturated heterocycles. The second kappa shape index (κ2) is 5.15. The molecule has 0 spiro atoms. The van der Waals surface area contributed by atoms with E-state index in [1.54, 1.807) is 6.33 Å². The summed E-state index contributed by atoms with van der Waals surface area (Å²) in [6, 6.07) is 2.37. The van der Waals surface area contributed by atoms with E-state index < -0.39 is 0 Å². The van der Waals surface area contributed by atoms with Crippen molar-refractivity contribution in [1.82, 2.24) is 14.9 Å². The minimum absolute atomic E-state index is 0.227. The SMILES string of the molecule is CCc1cc(N[C@H]2C[C@@H](C(=O)N3CCC3)C2)ncn1. The summed E-state index contributed by atoms with van der Waals surface area (Å²) in [5.41, 5.74) is 1.05. The van der Waals surface area contributed by atoms with Crippen LogP contribution >= 0.6 is 0 Å². The van der Waals surface area contributed by atoms with Crippen molar-refractivity contribution in [2.45, 2.75) is 38.6 Å². The van der Waals surface area contributed by atoms with Gasteiger partial charge in [-0.25, -0.2) is 9.97 Å². The van der Waals surface area contributed by atoms with Gasteiger partial charge in [-0.05, 0) is 25.7 Å². The van der Waals surface area contributed by atoms with Gasteiger partial charge in [-0.15, -0.1) is 0 Å². The lowest BCUT2D eigenvalue weighted by molar-refractivity contribution is -0.142. The normalized spacial score (nSPS) is 25.4. The molecule has 1 aliphatic heterocycles. The van der Waals surface area contributed by atoms with Crippen LogP contribution in [0.25, 0.3) is 0 Å². The van der Waals surface area contributed by atoms with Gasteiger partial charge in [0.1, 0.15) is 12.1 Å². The average molecular weight is 260 g/mol. The van der Waals surface area contributed by atoms with Gasteiger partial charge in [0.25, 0.3) is 0 Å². The maximum absolute atomic E-state index is 12.0. The topological polar surface area (TPSA) is 58.1 Å². The van der Waals surface area contributed by atoms with Crippen LogP contribution in [-0.4, -0.2) is 39.9 Å². The fourth-order valence-corrected chi connectivity index (χ4v) is 2.61. The smallest absolute Gasteiger partial charge is 0.225 e. The Labute approximate surface area is 113 Å². The van der Waals surface area contributed by atoms with Crippen molar-refractivity contribution in [3.63, 3.8) is 0 Å². The Morgan fingerprint density at radius 2 is 2.21 bits per heavy atom. The van der Waals surface area contributed by atoms with Crippen molar-refractivity contribution in [3.8, 4) is 0 Å². The van der Waals surface area contributed by atoms with Crippen molar-refractivity contribution in [1.29, 1.82) is 0 Å². The summed E-state index contributed by atoms with van der Waals surface area (Å²) in [5.74, 6) is 1.46. The van der Waals surface area contributed by atoms with E-state index in [1.165, 1.54) is 6.42 Å². The van der Waals surface area contributed by atoms with Gasteiger partial charge in [0, 0.05) is 36.8 Å². The van der Waals surface area contributed by atoms with Gasteiger partial charge in [-0.1, -0.05) is 6.92 Å². The molecule has 0 atom stereocenters. The Morgan fingerprint density at radius 1 is 1.42 bits per heavy atom. The van der Waals surface area contributed by atoms with Crippen molar-refractivity contribution in [3.05, 3.63) is 18.1 Å². The summed E-state index contributed by atoms with van der Waals surface area (Å²) in [6.07, 6.45) is 5.54. The fourth-order valence-electron chi connectivity index (χ4n) is 2.61.